The van der Waals surface area contributed by atoms with Crippen LogP contribution in [0.5, 0.6) is 17.2 Å². The van der Waals surface area contributed by atoms with Gasteiger partial charge in [0.2, 0.25) is 0 Å². The van der Waals surface area contributed by atoms with Crippen molar-refractivity contribution in [2.24, 2.45) is 0 Å². The van der Waals surface area contributed by atoms with Gasteiger partial charge in [0.15, 0.2) is 17.6 Å². The van der Waals surface area contributed by atoms with Crippen LogP contribution in [0.25, 0.3) is 0 Å². The number of benzene rings is 2. The number of hydrogen-bond acceptors (Lipinski definition) is 4. The average molecular weight is 378 g/mol. The van der Waals surface area contributed by atoms with E-state index in [1.807, 2.05) is 12.1 Å². The summed E-state index contributed by atoms with van der Waals surface area (Å²) in [5.74, 6) is 1.73. The van der Waals surface area contributed by atoms with Gasteiger partial charge in [0, 0.05) is 16.2 Å². The normalized spacial score (nSPS) is 14.0. The third kappa shape index (κ3) is 3.96. The van der Waals surface area contributed by atoms with E-state index in [0.717, 1.165) is 4.47 Å². The fraction of sp³-hybridized carbons (Fsp3) is 0.235. The molecule has 6 heteroatoms. The summed E-state index contributed by atoms with van der Waals surface area (Å²) in [6.45, 7) is 2.75. The average Bonchev–Trinajstić information content (AvgIpc) is 2.56. The van der Waals surface area contributed by atoms with E-state index in [-0.39, 0.29) is 5.91 Å². The molecule has 3 rings (SSSR count). The second kappa shape index (κ2) is 6.91. The van der Waals surface area contributed by atoms with Gasteiger partial charge < -0.3 is 19.5 Å². The standard InChI is InChI=1S/C17H16BrNO4/c1-11(23-14-5-2-12(18)3-6-14)17(20)19-13-4-7-15-16(10-13)22-9-8-21-15/h2-7,10-11H,8-9H2,1H3,(H,19,20). The highest BCUT2D eigenvalue weighted by atomic mass is 79.9. The highest BCUT2D eigenvalue weighted by Crippen LogP contribution is 2.32. The number of rotatable bonds is 4. The zero-order valence-electron chi connectivity index (χ0n) is 12.5. The van der Waals surface area contributed by atoms with Crippen molar-refractivity contribution in [1.29, 1.82) is 0 Å². The summed E-state index contributed by atoms with van der Waals surface area (Å²) in [6.07, 6.45) is -0.621. The van der Waals surface area contributed by atoms with Crippen molar-refractivity contribution >= 4 is 27.5 Å². The Balaban J connectivity index is 1.63. The molecule has 5 nitrogen and oxygen atoms in total. The van der Waals surface area contributed by atoms with Gasteiger partial charge in [0.05, 0.1) is 0 Å². The first-order valence-electron chi connectivity index (χ1n) is 7.24. The van der Waals surface area contributed by atoms with Crippen molar-refractivity contribution in [3.05, 3.63) is 46.9 Å². The van der Waals surface area contributed by atoms with Crippen molar-refractivity contribution in [1.82, 2.24) is 0 Å². The van der Waals surface area contributed by atoms with Crippen LogP contribution in [-0.2, 0) is 4.79 Å². The Labute approximate surface area is 142 Å². The van der Waals surface area contributed by atoms with E-state index in [4.69, 9.17) is 14.2 Å². The van der Waals surface area contributed by atoms with E-state index < -0.39 is 6.10 Å². The second-order valence-corrected chi connectivity index (χ2v) is 5.98. The van der Waals surface area contributed by atoms with E-state index >= 15 is 0 Å². The first-order chi connectivity index (χ1) is 11.1. The molecule has 1 N–H and O–H groups in total. The summed E-state index contributed by atoms with van der Waals surface area (Å²) in [4.78, 5) is 12.2. The molecule has 1 amide bonds. The number of hydrogen-bond donors (Lipinski definition) is 1. The Hall–Kier alpha value is -2.21. The monoisotopic (exact) mass is 377 g/mol. The Morgan fingerprint density at radius 1 is 1.13 bits per heavy atom. The van der Waals surface area contributed by atoms with Gasteiger partial charge in [-0.1, -0.05) is 15.9 Å². The van der Waals surface area contributed by atoms with Crippen molar-refractivity contribution in [2.45, 2.75) is 13.0 Å². The molecule has 0 bridgehead atoms. The van der Waals surface area contributed by atoms with Crippen LogP contribution < -0.4 is 19.5 Å². The molecule has 1 aliphatic heterocycles. The topological polar surface area (TPSA) is 56.8 Å². The molecule has 120 valence electrons. The minimum atomic E-state index is -0.621. The summed E-state index contributed by atoms with van der Waals surface area (Å²) in [5.41, 5.74) is 0.644. The second-order valence-electron chi connectivity index (χ2n) is 5.06. The van der Waals surface area contributed by atoms with E-state index in [9.17, 15) is 4.79 Å². The van der Waals surface area contributed by atoms with Gasteiger partial charge in [-0.15, -0.1) is 0 Å². The summed E-state index contributed by atoms with van der Waals surface area (Å²) in [6, 6.07) is 12.6. The molecule has 0 fully saturated rings. The summed E-state index contributed by atoms with van der Waals surface area (Å²) in [7, 11) is 0. The van der Waals surface area contributed by atoms with Gasteiger partial charge in [-0.05, 0) is 43.3 Å². The summed E-state index contributed by atoms with van der Waals surface area (Å²) in [5, 5.41) is 2.81. The van der Waals surface area contributed by atoms with E-state index in [2.05, 4.69) is 21.2 Å². The van der Waals surface area contributed by atoms with Gasteiger partial charge in [-0.25, -0.2) is 0 Å². The molecule has 0 radical (unpaired) electrons. The van der Waals surface area contributed by atoms with Gasteiger partial charge in [0.1, 0.15) is 19.0 Å². The molecule has 0 saturated carbocycles. The Morgan fingerprint density at radius 2 is 1.83 bits per heavy atom. The van der Waals surface area contributed by atoms with E-state index in [1.54, 1.807) is 37.3 Å². The largest absolute Gasteiger partial charge is 0.486 e. The molecule has 1 heterocycles. The predicted octanol–water partition coefficient (Wildman–Crippen LogP) is 3.63. The minimum Gasteiger partial charge on any atom is -0.486 e. The maximum absolute atomic E-state index is 12.2. The molecule has 1 unspecified atom stereocenters. The highest BCUT2D eigenvalue weighted by Gasteiger charge is 2.17. The maximum atomic E-state index is 12.2. The Bertz CT molecular complexity index is 702. The number of fused-ring (bicyclic) bond motifs is 1. The lowest BCUT2D eigenvalue weighted by Crippen LogP contribution is -2.30. The van der Waals surface area contributed by atoms with Gasteiger partial charge in [-0.2, -0.15) is 0 Å². The van der Waals surface area contributed by atoms with E-state index in [1.165, 1.54) is 0 Å². The van der Waals surface area contributed by atoms with Crippen molar-refractivity contribution in [2.75, 3.05) is 18.5 Å². The third-order valence-electron chi connectivity index (χ3n) is 3.31. The number of carbonyl (C=O) groups is 1. The fourth-order valence-corrected chi connectivity index (χ4v) is 2.40. The Kier molecular flexibility index (Phi) is 4.71. The number of ether oxygens (including phenoxy) is 3. The number of halogens is 1. The fourth-order valence-electron chi connectivity index (χ4n) is 2.14. The Morgan fingerprint density at radius 3 is 2.57 bits per heavy atom. The molecule has 2 aromatic carbocycles. The van der Waals surface area contributed by atoms with E-state index in [0.29, 0.717) is 36.1 Å². The van der Waals surface area contributed by atoms with Crippen LogP contribution in [0.15, 0.2) is 46.9 Å². The van der Waals surface area contributed by atoms with Crippen LogP contribution in [0.1, 0.15) is 6.92 Å². The van der Waals surface area contributed by atoms with Crippen LogP contribution in [0.4, 0.5) is 5.69 Å². The first-order valence-corrected chi connectivity index (χ1v) is 8.04. The number of amides is 1. The lowest BCUT2D eigenvalue weighted by molar-refractivity contribution is -0.122. The molecule has 1 atom stereocenters. The van der Waals surface area contributed by atoms with Crippen LogP contribution in [0.2, 0.25) is 0 Å². The predicted molar refractivity (Wildman–Crippen MR) is 90.3 cm³/mol. The molecule has 23 heavy (non-hydrogen) atoms. The number of anilines is 1. The van der Waals surface area contributed by atoms with Crippen molar-refractivity contribution < 1.29 is 19.0 Å². The maximum Gasteiger partial charge on any atom is 0.265 e. The molecular formula is C17H16BrNO4. The van der Waals surface area contributed by atoms with Crippen LogP contribution in [0, 0.1) is 0 Å². The SMILES string of the molecule is CC(Oc1ccc(Br)cc1)C(=O)Nc1ccc2c(c1)OCCO2. The quantitative estimate of drug-likeness (QED) is 0.883. The molecule has 1 aliphatic rings. The summed E-state index contributed by atoms with van der Waals surface area (Å²) >= 11 is 3.36. The van der Waals surface area contributed by atoms with Crippen molar-refractivity contribution in [3.8, 4) is 17.2 Å². The van der Waals surface area contributed by atoms with Crippen molar-refractivity contribution in [3.63, 3.8) is 0 Å². The van der Waals surface area contributed by atoms with Gasteiger partial charge in [-0.3, -0.25) is 4.79 Å². The van der Waals surface area contributed by atoms with Crippen LogP contribution in [0.3, 0.4) is 0 Å². The molecular weight excluding hydrogens is 362 g/mol. The van der Waals surface area contributed by atoms with Crippen LogP contribution >= 0.6 is 15.9 Å². The van der Waals surface area contributed by atoms with Gasteiger partial charge in [0.25, 0.3) is 5.91 Å². The third-order valence-corrected chi connectivity index (χ3v) is 3.83. The summed E-state index contributed by atoms with van der Waals surface area (Å²) < 4.78 is 17.5. The first kappa shape index (κ1) is 15.7. The molecule has 2 aromatic rings. The highest BCUT2D eigenvalue weighted by molar-refractivity contribution is 9.10. The number of carbonyl (C=O) groups excluding carboxylic acids is 1. The zero-order valence-corrected chi connectivity index (χ0v) is 14.1. The number of nitrogens with one attached hydrogen (secondary N) is 1. The smallest absolute Gasteiger partial charge is 0.265 e. The molecule has 0 saturated heterocycles. The lowest BCUT2D eigenvalue weighted by atomic mass is 10.2. The molecule has 0 aliphatic carbocycles. The molecule has 0 spiro atoms. The minimum absolute atomic E-state index is 0.232. The molecule has 0 aromatic heterocycles. The zero-order chi connectivity index (χ0) is 16.2. The lowest BCUT2D eigenvalue weighted by Gasteiger charge is -2.19. The van der Waals surface area contributed by atoms with Crippen LogP contribution in [-0.4, -0.2) is 25.2 Å². The van der Waals surface area contributed by atoms with Gasteiger partial charge >= 0.3 is 0 Å².